The predicted molar refractivity (Wildman–Crippen MR) is 78.8 cm³/mol. The highest BCUT2D eigenvalue weighted by Crippen LogP contribution is 2.26. The van der Waals surface area contributed by atoms with Crippen LogP contribution >= 0.6 is 11.3 Å². The first-order chi connectivity index (χ1) is 9.24. The molecule has 1 aromatic rings. The minimum atomic E-state index is 0.230. The second-order valence-electron chi connectivity index (χ2n) is 5.75. The maximum atomic E-state index is 12.4. The number of amides is 1. The van der Waals surface area contributed by atoms with Crippen LogP contribution in [-0.4, -0.2) is 47.9 Å². The summed E-state index contributed by atoms with van der Waals surface area (Å²) >= 11 is 1.58. The van der Waals surface area contributed by atoms with Gasteiger partial charge in [0.05, 0.1) is 4.88 Å². The molecule has 0 bridgehead atoms. The Bertz CT molecular complexity index is 453. The van der Waals surface area contributed by atoms with Crippen molar-refractivity contribution in [3.63, 3.8) is 0 Å². The van der Waals surface area contributed by atoms with E-state index in [9.17, 15) is 4.79 Å². The summed E-state index contributed by atoms with van der Waals surface area (Å²) in [4.78, 5) is 18.0. The van der Waals surface area contributed by atoms with Gasteiger partial charge in [-0.3, -0.25) is 9.69 Å². The molecule has 0 radical (unpaired) electrons. The first-order valence-electron chi connectivity index (χ1n) is 7.32. The van der Waals surface area contributed by atoms with Crippen LogP contribution in [0.25, 0.3) is 0 Å². The van der Waals surface area contributed by atoms with Gasteiger partial charge < -0.3 is 4.90 Å². The van der Waals surface area contributed by atoms with Gasteiger partial charge in [0, 0.05) is 32.2 Å². The van der Waals surface area contributed by atoms with Crippen LogP contribution in [0.15, 0.2) is 11.4 Å². The van der Waals surface area contributed by atoms with Crippen LogP contribution < -0.4 is 0 Å². The first kappa shape index (κ1) is 13.1. The van der Waals surface area contributed by atoms with Crippen LogP contribution in [0.2, 0.25) is 0 Å². The van der Waals surface area contributed by atoms with Crippen molar-refractivity contribution in [2.24, 2.45) is 0 Å². The summed E-state index contributed by atoms with van der Waals surface area (Å²) in [5, 5.41) is 2.06. The van der Waals surface area contributed by atoms with E-state index >= 15 is 0 Å². The molecule has 2 heterocycles. The van der Waals surface area contributed by atoms with Gasteiger partial charge in [0.15, 0.2) is 0 Å². The van der Waals surface area contributed by atoms with E-state index in [2.05, 4.69) is 10.3 Å². The molecule has 104 valence electrons. The number of nitrogens with zero attached hydrogens (tertiary/aromatic N) is 2. The molecule has 2 fully saturated rings. The minimum Gasteiger partial charge on any atom is -0.337 e. The van der Waals surface area contributed by atoms with Gasteiger partial charge in [0.1, 0.15) is 0 Å². The SMILES string of the molecule is Cc1csc(C(=O)N2CCCN(C3CCC3)CC2)c1. The number of rotatable bonds is 2. The summed E-state index contributed by atoms with van der Waals surface area (Å²) < 4.78 is 0. The minimum absolute atomic E-state index is 0.230. The number of thiophene rings is 1. The highest BCUT2D eigenvalue weighted by Gasteiger charge is 2.28. The molecule has 4 heteroatoms. The van der Waals surface area contributed by atoms with Gasteiger partial charge in [0.2, 0.25) is 0 Å². The number of hydrogen-bond donors (Lipinski definition) is 0. The number of carbonyl (C=O) groups is 1. The van der Waals surface area contributed by atoms with E-state index in [0.29, 0.717) is 0 Å². The Morgan fingerprint density at radius 3 is 2.68 bits per heavy atom. The molecule has 1 aromatic heterocycles. The van der Waals surface area contributed by atoms with E-state index in [-0.39, 0.29) is 5.91 Å². The van der Waals surface area contributed by atoms with Crippen molar-refractivity contribution >= 4 is 17.2 Å². The number of hydrogen-bond acceptors (Lipinski definition) is 3. The van der Waals surface area contributed by atoms with Crippen molar-refractivity contribution in [3.05, 3.63) is 21.9 Å². The molecule has 3 nitrogen and oxygen atoms in total. The maximum absolute atomic E-state index is 12.4. The van der Waals surface area contributed by atoms with E-state index in [1.54, 1.807) is 11.3 Å². The quantitative estimate of drug-likeness (QED) is 0.830. The van der Waals surface area contributed by atoms with E-state index < -0.39 is 0 Å². The standard InChI is InChI=1S/C15H22N2OS/c1-12-10-14(19-11-12)15(18)17-7-3-6-16(8-9-17)13-4-2-5-13/h10-11,13H,2-9H2,1H3. The lowest BCUT2D eigenvalue weighted by molar-refractivity contribution is 0.0754. The molecule has 3 rings (SSSR count). The van der Waals surface area contributed by atoms with Gasteiger partial charge in [-0.15, -0.1) is 11.3 Å². The molecule has 1 aliphatic carbocycles. The van der Waals surface area contributed by atoms with Gasteiger partial charge in [-0.1, -0.05) is 6.42 Å². The molecular weight excluding hydrogens is 256 g/mol. The summed E-state index contributed by atoms with van der Waals surface area (Å²) in [5.74, 6) is 0.230. The summed E-state index contributed by atoms with van der Waals surface area (Å²) in [6.07, 6.45) is 5.22. The number of aryl methyl sites for hydroxylation is 1. The third kappa shape index (κ3) is 2.84. The molecule has 1 saturated heterocycles. The highest BCUT2D eigenvalue weighted by molar-refractivity contribution is 7.12. The molecule has 1 aliphatic heterocycles. The lowest BCUT2D eigenvalue weighted by Gasteiger charge is -2.36. The van der Waals surface area contributed by atoms with Gasteiger partial charge in [-0.05, 0) is 43.2 Å². The van der Waals surface area contributed by atoms with Crippen molar-refractivity contribution in [2.45, 2.75) is 38.6 Å². The smallest absolute Gasteiger partial charge is 0.263 e. The van der Waals surface area contributed by atoms with Crippen molar-refractivity contribution in [2.75, 3.05) is 26.2 Å². The van der Waals surface area contributed by atoms with Crippen LogP contribution in [0, 0.1) is 6.92 Å². The average Bonchev–Trinajstić information content (AvgIpc) is 2.62. The van der Waals surface area contributed by atoms with Crippen molar-refractivity contribution in [1.29, 1.82) is 0 Å². The Hall–Kier alpha value is -0.870. The fourth-order valence-electron chi connectivity index (χ4n) is 2.96. The summed E-state index contributed by atoms with van der Waals surface area (Å²) in [6, 6.07) is 2.82. The van der Waals surface area contributed by atoms with Gasteiger partial charge >= 0.3 is 0 Å². The zero-order valence-corrected chi connectivity index (χ0v) is 12.4. The summed E-state index contributed by atoms with van der Waals surface area (Å²) in [7, 11) is 0. The second-order valence-corrected chi connectivity index (χ2v) is 6.67. The fraction of sp³-hybridized carbons (Fsp3) is 0.667. The average molecular weight is 278 g/mol. The van der Waals surface area contributed by atoms with Gasteiger partial charge in [-0.25, -0.2) is 0 Å². The zero-order chi connectivity index (χ0) is 13.2. The lowest BCUT2D eigenvalue weighted by Crippen LogP contribution is -2.42. The Morgan fingerprint density at radius 2 is 2.05 bits per heavy atom. The van der Waals surface area contributed by atoms with E-state index in [1.165, 1.54) is 24.8 Å². The molecule has 1 saturated carbocycles. The first-order valence-corrected chi connectivity index (χ1v) is 8.20. The van der Waals surface area contributed by atoms with E-state index in [1.807, 2.05) is 17.9 Å². The molecule has 2 aliphatic rings. The Kier molecular flexibility index (Phi) is 3.89. The largest absolute Gasteiger partial charge is 0.337 e. The molecular formula is C15H22N2OS. The third-order valence-corrected chi connectivity index (χ3v) is 5.39. The maximum Gasteiger partial charge on any atom is 0.263 e. The number of carbonyl (C=O) groups excluding carboxylic acids is 1. The van der Waals surface area contributed by atoms with Crippen LogP contribution in [0.3, 0.4) is 0 Å². The Balaban J connectivity index is 1.61. The van der Waals surface area contributed by atoms with Crippen LogP contribution in [0.5, 0.6) is 0 Å². The molecule has 0 N–H and O–H groups in total. The Morgan fingerprint density at radius 1 is 1.21 bits per heavy atom. The normalized spacial score (nSPS) is 22.1. The molecule has 1 amide bonds. The van der Waals surface area contributed by atoms with E-state index in [4.69, 9.17) is 0 Å². The molecule has 0 aromatic carbocycles. The molecule has 0 spiro atoms. The monoisotopic (exact) mass is 278 g/mol. The topological polar surface area (TPSA) is 23.6 Å². The highest BCUT2D eigenvalue weighted by atomic mass is 32.1. The van der Waals surface area contributed by atoms with Crippen LogP contribution in [0.1, 0.15) is 40.9 Å². The van der Waals surface area contributed by atoms with E-state index in [0.717, 1.165) is 43.5 Å². The second kappa shape index (κ2) is 5.63. The molecule has 0 atom stereocenters. The third-order valence-electron chi connectivity index (χ3n) is 4.35. The molecule has 19 heavy (non-hydrogen) atoms. The Labute approximate surface area is 119 Å². The summed E-state index contributed by atoms with van der Waals surface area (Å²) in [6.45, 7) is 6.08. The summed E-state index contributed by atoms with van der Waals surface area (Å²) in [5.41, 5.74) is 1.19. The van der Waals surface area contributed by atoms with Crippen LogP contribution in [-0.2, 0) is 0 Å². The van der Waals surface area contributed by atoms with Gasteiger partial charge in [-0.2, -0.15) is 0 Å². The molecule has 0 unspecified atom stereocenters. The van der Waals surface area contributed by atoms with Crippen molar-refractivity contribution in [1.82, 2.24) is 9.80 Å². The van der Waals surface area contributed by atoms with Crippen molar-refractivity contribution in [3.8, 4) is 0 Å². The fourth-order valence-corrected chi connectivity index (χ4v) is 3.82. The lowest BCUT2D eigenvalue weighted by atomic mass is 9.91. The predicted octanol–water partition coefficient (Wildman–Crippen LogP) is 2.76. The zero-order valence-electron chi connectivity index (χ0n) is 11.6. The van der Waals surface area contributed by atoms with Gasteiger partial charge in [0.25, 0.3) is 5.91 Å². The van der Waals surface area contributed by atoms with Crippen molar-refractivity contribution < 1.29 is 4.79 Å². The van der Waals surface area contributed by atoms with Crippen LogP contribution in [0.4, 0.5) is 0 Å².